The molecule has 6 nitrogen and oxygen atoms in total. The zero-order valence-electron chi connectivity index (χ0n) is 22.3. The van der Waals surface area contributed by atoms with Crippen LogP contribution in [0.2, 0.25) is 0 Å². The molecule has 0 unspecified atom stereocenters. The molecule has 3 rings (SSSR count). The van der Waals surface area contributed by atoms with Gasteiger partial charge in [0.1, 0.15) is 16.2 Å². The van der Waals surface area contributed by atoms with Crippen LogP contribution in [0.15, 0.2) is 59.5 Å². The fourth-order valence-electron chi connectivity index (χ4n) is 3.86. The van der Waals surface area contributed by atoms with Crippen LogP contribution in [-0.4, -0.2) is 38.9 Å². The molecule has 0 aliphatic heterocycles. The minimum absolute atomic E-state index is 0.253. The molecule has 0 atom stereocenters. The van der Waals surface area contributed by atoms with Crippen LogP contribution >= 0.6 is 11.8 Å². The zero-order chi connectivity index (χ0) is 26.5. The van der Waals surface area contributed by atoms with Crippen molar-refractivity contribution in [3.8, 4) is 11.4 Å². The summed E-state index contributed by atoms with van der Waals surface area (Å²) >= 11 is 1.46. The first-order chi connectivity index (χ1) is 16.9. The van der Waals surface area contributed by atoms with Gasteiger partial charge in [0.2, 0.25) is 0 Å². The van der Waals surface area contributed by atoms with Gasteiger partial charge in [-0.3, -0.25) is 4.79 Å². The summed E-state index contributed by atoms with van der Waals surface area (Å²) in [5.74, 6) is 0.0811. The third-order valence-corrected chi connectivity index (χ3v) is 6.77. The third-order valence-electron chi connectivity index (χ3n) is 5.59. The van der Waals surface area contributed by atoms with Crippen LogP contribution in [-0.2, 0) is 27.2 Å². The van der Waals surface area contributed by atoms with Gasteiger partial charge >= 0.3 is 11.9 Å². The van der Waals surface area contributed by atoms with E-state index >= 15 is 0 Å². The summed E-state index contributed by atoms with van der Waals surface area (Å²) in [4.78, 5) is 30.9. The number of thioether (sulfide) groups is 1. The lowest BCUT2D eigenvalue weighted by Gasteiger charge is -2.28. The summed E-state index contributed by atoms with van der Waals surface area (Å²) in [7, 11) is 1.39. The Hall–Kier alpha value is -3.06. The lowest BCUT2D eigenvalue weighted by atomic mass is 10.1. The van der Waals surface area contributed by atoms with Gasteiger partial charge < -0.3 is 14.0 Å². The highest BCUT2D eigenvalue weighted by atomic mass is 32.2. The van der Waals surface area contributed by atoms with Gasteiger partial charge in [0.15, 0.2) is 5.69 Å². The molecule has 0 fully saturated rings. The number of hydrogen-bond acceptors (Lipinski definition) is 6. The molecule has 36 heavy (non-hydrogen) atoms. The van der Waals surface area contributed by atoms with Crippen LogP contribution < -0.4 is 0 Å². The molecular weight excluding hydrogens is 472 g/mol. The summed E-state index contributed by atoms with van der Waals surface area (Å²) in [6.07, 6.45) is 1.75. The first-order valence-electron chi connectivity index (χ1n) is 12.1. The van der Waals surface area contributed by atoms with E-state index < -0.39 is 16.3 Å². The van der Waals surface area contributed by atoms with Crippen LogP contribution in [0.25, 0.3) is 11.4 Å². The van der Waals surface area contributed by atoms with Crippen molar-refractivity contribution < 1.29 is 19.1 Å². The summed E-state index contributed by atoms with van der Waals surface area (Å²) in [6, 6.07) is 18.2. The third kappa shape index (κ3) is 7.00. The quantitative estimate of drug-likeness (QED) is 0.243. The fourth-order valence-corrected chi connectivity index (χ4v) is 4.85. The van der Waals surface area contributed by atoms with Crippen molar-refractivity contribution in [2.75, 3.05) is 7.11 Å². The van der Waals surface area contributed by atoms with Gasteiger partial charge in [0.05, 0.1) is 12.8 Å². The Balaban J connectivity index is 1.83. The largest absolute Gasteiger partial charge is 0.464 e. The van der Waals surface area contributed by atoms with E-state index in [2.05, 4.69) is 12.1 Å². The van der Waals surface area contributed by atoms with E-state index in [0.29, 0.717) is 17.9 Å². The minimum atomic E-state index is -0.737. The smallest absolute Gasteiger partial charge is 0.356 e. The Morgan fingerprint density at radius 2 is 1.61 bits per heavy atom. The molecule has 3 aromatic rings. The van der Waals surface area contributed by atoms with Crippen LogP contribution in [0, 0.1) is 6.92 Å². The number of methoxy groups -OCH3 is 1. The summed E-state index contributed by atoms with van der Waals surface area (Å²) < 4.78 is 11.9. The maximum absolute atomic E-state index is 12.7. The number of nitrogens with zero attached hydrogens (tertiary/aromatic N) is 2. The Labute approximate surface area is 218 Å². The van der Waals surface area contributed by atoms with Crippen LogP contribution in [0.4, 0.5) is 0 Å². The number of ether oxygens (including phenoxy) is 2. The first-order valence-corrected chi connectivity index (χ1v) is 12.9. The van der Waals surface area contributed by atoms with Crippen molar-refractivity contribution in [2.45, 2.75) is 76.2 Å². The monoisotopic (exact) mass is 508 g/mol. The molecule has 0 aliphatic carbocycles. The lowest BCUT2D eigenvalue weighted by molar-refractivity contribution is -0.156. The molecule has 0 spiro atoms. The normalized spacial score (nSPS) is 11.9. The number of carbonyl (C=O) groups excluding carboxylic acids is 2. The van der Waals surface area contributed by atoms with E-state index in [-0.39, 0.29) is 5.97 Å². The second kappa shape index (κ2) is 11.3. The lowest BCUT2D eigenvalue weighted by Crippen LogP contribution is -2.36. The summed E-state index contributed by atoms with van der Waals surface area (Å²) in [5.41, 5.74) is 2.73. The van der Waals surface area contributed by atoms with Gasteiger partial charge in [-0.1, -0.05) is 42.5 Å². The molecule has 0 radical (unpaired) electrons. The number of aromatic nitrogens is 2. The van der Waals surface area contributed by atoms with E-state index in [9.17, 15) is 9.59 Å². The van der Waals surface area contributed by atoms with Crippen molar-refractivity contribution >= 4 is 23.7 Å². The molecular formula is C29H36N2O4S. The number of imidazole rings is 1. The fraction of sp³-hybridized carbons (Fsp3) is 0.414. The molecule has 2 aromatic carbocycles. The topological polar surface area (TPSA) is 70.4 Å². The Morgan fingerprint density at radius 3 is 2.19 bits per heavy atom. The first kappa shape index (κ1) is 27.5. The molecule has 192 valence electrons. The van der Waals surface area contributed by atoms with Crippen molar-refractivity contribution in [3.05, 3.63) is 71.5 Å². The van der Waals surface area contributed by atoms with E-state index in [1.54, 1.807) is 0 Å². The maximum Gasteiger partial charge on any atom is 0.356 e. The molecule has 0 bridgehead atoms. The van der Waals surface area contributed by atoms with E-state index in [4.69, 9.17) is 14.5 Å². The van der Waals surface area contributed by atoms with Crippen LogP contribution in [0.3, 0.4) is 0 Å². The molecule has 1 heterocycles. The van der Waals surface area contributed by atoms with Gasteiger partial charge in [-0.05, 0) is 72.1 Å². The average molecular weight is 509 g/mol. The van der Waals surface area contributed by atoms with Crippen molar-refractivity contribution in [1.29, 1.82) is 0 Å². The van der Waals surface area contributed by atoms with Gasteiger partial charge in [-0.2, -0.15) is 0 Å². The van der Waals surface area contributed by atoms with Gasteiger partial charge in [0.25, 0.3) is 0 Å². The predicted molar refractivity (Wildman–Crippen MR) is 144 cm³/mol. The SMILES string of the molecule is COC(=O)c1c(C)nc(-c2ccc(SC(C)(C)C(=O)OC(C)(C)C)cc2)n1CCCc1ccccc1. The van der Waals surface area contributed by atoms with Gasteiger partial charge in [-0.25, -0.2) is 9.78 Å². The van der Waals surface area contributed by atoms with E-state index in [1.807, 2.05) is 88.6 Å². The summed E-state index contributed by atoms with van der Waals surface area (Å²) in [5, 5.41) is 0. The Kier molecular flexibility index (Phi) is 8.67. The highest BCUT2D eigenvalue weighted by molar-refractivity contribution is 8.01. The standard InChI is InChI=1S/C29H36N2O4S/c1-20-24(26(32)34-7)31(19-11-14-21-12-9-8-10-13-21)25(30-20)22-15-17-23(18-16-22)36-29(5,6)27(33)35-28(2,3)4/h8-10,12-13,15-18H,11,14,19H2,1-7H3. The van der Waals surface area contributed by atoms with E-state index in [0.717, 1.165) is 29.1 Å². The van der Waals surface area contributed by atoms with Crippen molar-refractivity contribution in [2.24, 2.45) is 0 Å². The number of benzene rings is 2. The zero-order valence-corrected chi connectivity index (χ0v) is 23.1. The number of rotatable bonds is 9. The van der Waals surface area contributed by atoms with Crippen molar-refractivity contribution in [1.82, 2.24) is 9.55 Å². The van der Waals surface area contributed by atoms with Gasteiger partial charge in [-0.15, -0.1) is 11.8 Å². The molecule has 7 heteroatoms. The Morgan fingerprint density at radius 1 is 0.972 bits per heavy atom. The molecule has 1 aromatic heterocycles. The summed E-state index contributed by atoms with van der Waals surface area (Å²) in [6.45, 7) is 11.8. The van der Waals surface area contributed by atoms with Crippen LogP contribution in [0.5, 0.6) is 0 Å². The number of aryl methyl sites for hydroxylation is 2. The number of esters is 2. The predicted octanol–water partition coefficient (Wildman–Crippen LogP) is 6.49. The van der Waals surface area contributed by atoms with E-state index in [1.165, 1.54) is 24.4 Å². The second-order valence-electron chi connectivity index (χ2n) is 10.2. The highest BCUT2D eigenvalue weighted by Gasteiger charge is 2.33. The maximum atomic E-state index is 12.7. The van der Waals surface area contributed by atoms with Crippen molar-refractivity contribution in [3.63, 3.8) is 0 Å². The number of hydrogen-bond donors (Lipinski definition) is 0. The Bertz CT molecular complexity index is 1190. The average Bonchev–Trinajstić information content (AvgIpc) is 3.14. The molecule has 0 saturated heterocycles. The second-order valence-corrected chi connectivity index (χ2v) is 11.9. The molecule has 0 aliphatic rings. The van der Waals surface area contributed by atoms with Crippen LogP contribution in [0.1, 0.15) is 62.8 Å². The molecule has 0 N–H and O–H groups in total. The highest BCUT2D eigenvalue weighted by Crippen LogP contribution is 2.36. The van der Waals surface area contributed by atoms with Gasteiger partial charge in [0, 0.05) is 17.0 Å². The minimum Gasteiger partial charge on any atom is -0.464 e. The molecule has 0 amide bonds. The number of carbonyl (C=O) groups is 2. The molecule has 0 saturated carbocycles.